The van der Waals surface area contributed by atoms with Gasteiger partial charge in [-0.2, -0.15) is 0 Å². The predicted molar refractivity (Wildman–Crippen MR) is 66.7 cm³/mol. The van der Waals surface area contributed by atoms with Gasteiger partial charge in [0.1, 0.15) is 0 Å². The number of nitrogens with one attached hydrogen (secondary N) is 1. The Morgan fingerprint density at radius 1 is 1.19 bits per heavy atom. The maximum atomic E-state index is 5.20. The lowest BCUT2D eigenvalue weighted by Gasteiger charge is -2.27. The Hall–Kier alpha value is -0.120. The normalized spacial score (nSPS) is 27.0. The lowest BCUT2D eigenvalue weighted by atomic mass is 10.1. The lowest BCUT2D eigenvalue weighted by Crippen LogP contribution is -2.42. The van der Waals surface area contributed by atoms with Crippen LogP contribution in [0.1, 0.15) is 38.5 Å². The molecule has 3 heteroatoms. The second kappa shape index (κ2) is 6.58. The molecule has 0 aromatic rings. The first-order valence-corrected chi connectivity index (χ1v) is 6.86. The molecule has 0 aromatic heterocycles. The molecule has 1 unspecified atom stereocenters. The van der Waals surface area contributed by atoms with Crippen molar-refractivity contribution >= 4 is 0 Å². The Morgan fingerprint density at radius 2 is 2.06 bits per heavy atom. The van der Waals surface area contributed by atoms with Crippen LogP contribution in [0.5, 0.6) is 0 Å². The van der Waals surface area contributed by atoms with Crippen molar-refractivity contribution in [2.45, 2.75) is 50.6 Å². The monoisotopic (exact) mass is 226 g/mol. The summed E-state index contributed by atoms with van der Waals surface area (Å²) in [4.78, 5) is 2.63. The largest absolute Gasteiger partial charge is 0.383 e. The van der Waals surface area contributed by atoms with Crippen LogP contribution in [-0.2, 0) is 4.74 Å². The fraction of sp³-hybridized carbons (Fsp3) is 1.00. The van der Waals surface area contributed by atoms with Gasteiger partial charge in [0.25, 0.3) is 0 Å². The maximum absolute atomic E-state index is 5.20. The molecule has 0 amide bonds. The second-order valence-electron chi connectivity index (χ2n) is 5.22. The smallest absolute Gasteiger partial charge is 0.0589 e. The standard InChI is InChI=1S/C13H26N2O/c1-16-10-9-15(13-6-7-13)11-12-5-3-2-4-8-14-12/h12-14H,2-11H2,1H3. The zero-order chi connectivity index (χ0) is 11.2. The van der Waals surface area contributed by atoms with Gasteiger partial charge in [0, 0.05) is 32.3 Å². The van der Waals surface area contributed by atoms with Crippen LogP contribution < -0.4 is 5.32 Å². The van der Waals surface area contributed by atoms with Crippen molar-refractivity contribution in [3.8, 4) is 0 Å². The summed E-state index contributed by atoms with van der Waals surface area (Å²) >= 11 is 0. The van der Waals surface area contributed by atoms with Gasteiger partial charge in [-0.05, 0) is 32.2 Å². The number of rotatable bonds is 6. The van der Waals surface area contributed by atoms with E-state index in [-0.39, 0.29) is 0 Å². The van der Waals surface area contributed by atoms with Crippen molar-refractivity contribution in [3.05, 3.63) is 0 Å². The van der Waals surface area contributed by atoms with E-state index in [0.29, 0.717) is 0 Å². The third kappa shape index (κ3) is 4.04. The van der Waals surface area contributed by atoms with Crippen molar-refractivity contribution in [1.29, 1.82) is 0 Å². The first-order chi connectivity index (χ1) is 7.90. The SMILES string of the molecule is COCCN(CC1CCCCCN1)C1CC1. The van der Waals surface area contributed by atoms with Crippen LogP contribution in [0.4, 0.5) is 0 Å². The third-order valence-corrected chi connectivity index (χ3v) is 3.76. The minimum absolute atomic E-state index is 0.722. The Labute approximate surface area is 99.5 Å². The molecular formula is C13H26N2O. The summed E-state index contributed by atoms with van der Waals surface area (Å²) in [6, 6.07) is 1.58. The molecule has 1 N–H and O–H groups in total. The summed E-state index contributed by atoms with van der Waals surface area (Å²) in [5, 5.41) is 3.69. The zero-order valence-corrected chi connectivity index (χ0v) is 10.6. The van der Waals surface area contributed by atoms with Gasteiger partial charge in [-0.1, -0.05) is 12.8 Å². The minimum atomic E-state index is 0.722. The summed E-state index contributed by atoms with van der Waals surface area (Å²) in [7, 11) is 1.80. The highest BCUT2D eigenvalue weighted by Gasteiger charge is 2.30. The summed E-state index contributed by atoms with van der Waals surface area (Å²) in [5.74, 6) is 0. The molecule has 94 valence electrons. The van der Waals surface area contributed by atoms with E-state index >= 15 is 0 Å². The first-order valence-electron chi connectivity index (χ1n) is 6.86. The number of ether oxygens (including phenoxy) is 1. The molecule has 2 fully saturated rings. The summed E-state index contributed by atoms with van der Waals surface area (Å²) in [6.45, 7) is 4.43. The molecule has 2 rings (SSSR count). The van der Waals surface area contributed by atoms with Crippen molar-refractivity contribution in [3.63, 3.8) is 0 Å². The highest BCUT2D eigenvalue weighted by Crippen LogP contribution is 2.27. The molecule has 2 aliphatic rings. The van der Waals surface area contributed by atoms with Crippen LogP contribution in [0.25, 0.3) is 0 Å². The van der Waals surface area contributed by atoms with Gasteiger partial charge in [-0.3, -0.25) is 4.90 Å². The van der Waals surface area contributed by atoms with Crippen molar-refractivity contribution < 1.29 is 4.74 Å². The van der Waals surface area contributed by atoms with Gasteiger partial charge in [0.15, 0.2) is 0 Å². The van der Waals surface area contributed by atoms with Gasteiger partial charge in [-0.25, -0.2) is 0 Å². The molecule has 0 spiro atoms. The molecule has 1 saturated carbocycles. The average molecular weight is 226 g/mol. The number of hydrogen-bond donors (Lipinski definition) is 1. The summed E-state index contributed by atoms with van der Waals surface area (Å²) in [5.41, 5.74) is 0. The van der Waals surface area contributed by atoms with E-state index in [1.165, 1.54) is 51.6 Å². The van der Waals surface area contributed by atoms with E-state index in [9.17, 15) is 0 Å². The molecule has 0 radical (unpaired) electrons. The van der Waals surface area contributed by atoms with Gasteiger partial charge >= 0.3 is 0 Å². The van der Waals surface area contributed by atoms with Crippen LogP contribution in [0.15, 0.2) is 0 Å². The van der Waals surface area contributed by atoms with Crippen LogP contribution in [0, 0.1) is 0 Å². The molecule has 1 heterocycles. The Balaban J connectivity index is 1.74. The van der Waals surface area contributed by atoms with Gasteiger partial charge < -0.3 is 10.1 Å². The van der Waals surface area contributed by atoms with Crippen molar-refractivity contribution in [2.75, 3.05) is 33.4 Å². The topological polar surface area (TPSA) is 24.5 Å². The third-order valence-electron chi connectivity index (χ3n) is 3.76. The van der Waals surface area contributed by atoms with E-state index in [1.54, 1.807) is 7.11 Å². The molecule has 0 bridgehead atoms. The number of methoxy groups -OCH3 is 1. The molecule has 0 aromatic carbocycles. The van der Waals surface area contributed by atoms with Crippen molar-refractivity contribution in [2.24, 2.45) is 0 Å². The van der Waals surface area contributed by atoms with Crippen LogP contribution in [-0.4, -0.2) is 50.3 Å². The number of hydrogen-bond acceptors (Lipinski definition) is 3. The molecule has 1 atom stereocenters. The van der Waals surface area contributed by atoms with Gasteiger partial charge in [0.05, 0.1) is 6.61 Å². The predicted octanol–water partition coefficient (Wildman–Crippen LogP) is 1.63. The quantitative estimate of drug-likeness (QED) is 0.745. The maximum Gasteiger partial charge on any atom is 0.0589 e. The Bertz CT molecular complexity index is 186. The highest BCUT2D eigenvalue weighted by atomic mass is 16.5. The van der Waals surface area contributed by atoms with Crippen LogP contribution in [0.3, 0.4) is 0 Å². The molecular weight excluding hydrogens is 200 g/mol. The highest BCUT2D eigenvalue weighted by molar-refractivity contribution is 4.87. The fourth-order valence-corrected chi connectivity index (χ4v) is 2.61. The summed E-state index contributed by atoms with van der Waals surface area (Å²) in [6.07, 6.45) is 8.33. The molecule has 1 saturated heterocycles. The van der Waals surface area contributed by atoms with E-state index in [4.69, 9.17) is 4.74 Å². The van der Waals surface area contributed by atoms with E-state index < -0.39 is 0 Å². The van der Waals surface area contributed by atoms with Gasteiger partial charge in [0.2, 0.25) is 0 Å². The van der Waals surface area contributed by atoms with E-state index in [0.717, 1.165) is 25.2 Å². The van der Waals surface area contributed by atoms with Crippen LogP contribution in [0.2, 0.25) is 0 Å². The second-order valence-corrected chi connectivity index (χ2v) is 5.22. The lowest BCUT2D eigenvalue weighted by molar-refractivity contribution is 0.135. The zero-order valence-electron chi connectivity index (χ0n) is 10.6. The Kier molecular flexibility index (Phi) is 5.07. The fourth-order valence-electron chi connectivity index (χ4n) is 2.61. The van der Waals surface area contributed by atoms with Crippen LogP contribution >= 0.6 is 0 Å². The number of nitrogens with zero attached hydrogens (tertiary/aromatic N) is 1. The first kappa shape index (κ1) is 12.3. The van der Waals surface area contributed by atoms with Gasteiger partial charge in [-0.15, -0.1) is 0 Å². The van der Waals surface area contributed by atoms with E-state index in [1.807, 2.05) is 0 Å². The Morgan fingerprint density at radius 3 is 2.81 bits per heavy atom. The average Bonchev–Trinajstić information content (AvgIpc) is 3.10. The molecule has 1 aliphatic heterocycles. The molecule has 1 aliphatic carbocycles. The molecule has 16 heavy (non-hydrogen) atoms. The summed E-state index contributed by atoms with van der Waals surface area (Å²) < 4.78 is 5.20. The van der Waals surface area contributed by atoms with Crippen molar-refractivity contribution in [1.82, 2.24) is 10.2 Å². The molecule has 3 nitrogen and oxygen atoms in total. The minimum Gasteiger partial charge on any atom is -0.383 e. The van der Waals surface area contributed by atoms with E-state index in [2.05, 4.69) is 10.2 Å².